The Kier molecular flexibility index (Phi) is 10.2. The van der Waals surface area contributed by atoms with E-state index in [2.05, 4.69) is 47.3 Å². The fourth-order valence-electron chi connectivity index (χ4n) is 25.7. The molecule has 0 aromatic heterocycles. The van der Waals surface area contributed by atoms with Crippen LogP contribution in [0.4, 0.5) is 0 Å². The summed E-state index contributed by atoms with van der Waals surface area (Å²) in [5.74, 6) is 15.7. The normalized spacial score (nSPS) is 57.1. The van der Waals surface area contributed by atoms with Gasteiger partial charge in [-0.05, 0) is 197 Å². The number of hydrogen-bond donors (Lipinski definition) is 0. The average Bonchev–Trinajstić information content (AvgIpc) is 4.16. The van der Waals surface area contributed by atoms with Gasteiger partial charge in [-0.25, -0.2) is 0 Å². The van der Waals surface area contributed by atoms with Gasteiger partial charge < -0.3 is 0 Å². The second-order valence-corrected chi connectivity index (χ2v) is 28.4. The maximum atomic E-state index is 3.61. The fourth-order valence-corrected chi connectivity index (χ4v) is 25.7. The van der Waals surface area contributed by atoms with Crippen molar-refractivity contribution in [2.75, 3.05) is 0 Å². The Hall–Kier alpha value is -0.160. The first-order valence-electron chi connectivity index (χ1n) is 30.6. The summed E-state index contributed by atoms with van der Waals surface area (Å²) in [6, 6.07) is 11.1. The van der Waals surface area contributed by atoms with E-state index in [1.165, 1.54) is 77.0 Å². The first-order valence-corrected chi connectivity index (χ1v) is 30.6. The van der Waals surface area contributed by atoms with Crippen LogP contribution in [-0.4, -0.2) is 92.1 Å². The molecule has 356 valence electrons. The molecule has 15 aliphatic rings. The Balaban J connectivity index is 0.797. The maximum absolute atomic E-state index is 3.61. The Morgan fingerprint density at radius 1 is 0.250 bits per heavy atom. The third-order valence-electron chi connectivity index (χ3n) is 26.3. The highest BCUT2D eigenvalue weighted by Gasteiger charge is 2.77. The molecule has 0 bridgehead atoms. The summed E-state index contributed by atoms with van der Waals surface area (Å²) >= 11 is 0. The number of fused-ring (bicyclic) bond motifs is 20. The molecule has 64 heavy (non-hydrogen) atoms. The van der Waals surface area contributed by atoms with Crippen LogP contribution in [0.1, 0.15) is 207 Å². The van der Waals surface area contributed by atoms with Crippen molar-refractivity contribution in [1.82, 2.24) is 19.6 Å². The average molecular weight is 873 g/mol. The van der Waals surface area contributed by atoms with Crippen molar-refractivity contribution in [3.05, 3.63) is 0 Å². The molecule has 24 unspecified atom stereocenters. The van der Waals surface area contributed by atoms with E-state index in [0.717, 1.165) is 167 Å². The number of nitrogens with zero attached hydrogens (tertiary/aromatic N) is 4. The van der Waals surface area contributed by atoms with Crippen LogP contribution in [0.5, 0.6) is 0 Å². The fraction of sp³-hybridized carbons (Fsp3) is 1.00. The van der Waals surface area contributed by atoms with Crippen molar-refractivity contribution in [3.63, 3.8) is 0 Å². The summed E-state index contributed by atoms with van der Waals surface area (Å²) in [4.78, 5) is 14.0. The van der Waals surface area contributed by atoms with Gasteiger partial charge in [-0.3, -0.25) is 19.6 Å². The van der Waals surface area contributed by atoms with Gasteiger partial charge in [-0.15, -0.1) is 0 Å². The van der Waals surface area contributed by atoms with E-state index < -0.39 is 0 Å². The minimum atomic E-state index is 0.826. The molecule has 0 spiro atoms. The zero-order chi connectivity index (χ0) is 42.3. The van der Waals surface area contributed by atoms with Crippen molar-refractivity contribution in [2.45, 2.75) is 280 Å². The molecular weight excluding hydrogens is 777 g/mol. The molecule has 24 atom stereocenters. The highest BCUT2D eigenvalue weighted by atomic mass is 15.4. The second-order valence-electron chi connectivity index (χ2n) is 28.4. The Morgan fingerprint density at radius 3 is 0.953 bits per heavy atom. The van der Waals surface area contributed by atoms with Crippen LogP contribution in [0.3, 0.4) is 0 Å². The standard InChI is InChI=1S/C60H96N4/c1-33(2)49-55-41-25-15-23-39-54-48(32-30-46-52(54)38-22-12-14-28-44(38)62(46)36-19-9-6-10-20-36)64(57(39)41)60(55)50(34(3)4)56-42-26-16-24-40-53-47(63(58(40)42)59(49)56)31-29-45-51(53)37-21-11-13-27-43(37)61(45)35-17-7-5-8-18-35/h33-60H,5-32H2,1-4H3. The zero-order valence-electron chi connectivity index (χ0n) is 41.8. The van der Waals surface area contributed by atoms with Gasteiger partial charge >= 0.3 is 0 Å². The lowest BCUT2D eigenvalue weighted by Gasteiger charge is -2.58. The molecule has 6 aliphatic heterocycles. The van der Waals surface area contributed by atoms with Gasteiger partial charge in [0.15, 0.2) is 0 Å². The van der Waals surface area contributed by atoms with E-state index in [0.29, 0.717) is 0 Å². The Bertz CT molecular complexity index is 1610. The smallest absolute Gasteiger partial charge is 0.0170 e. The van der Waals surface area contributed by atoms with E-state index in [-0.39, 0.29) is 0 Å². The van der Waals surface area contributed by atoms with Gasteiger partial charge in [0, 0.05) is 72.5 Å². The zero-order valence-corrected chi connectivity index (χ0v) is 41.8. The molecule has 0 amide bonds. The third-order valence-corrected chi connectivity index (χ3v) is 26.3. The summed E-state index contributed by atoms with van der Waals surface area (Å²) in [5, 5.41) is 0. The molecule has 15 rings (SSSR count). The minimum absolute atomic E-state index is 0.826. The van der Waals surface area contributed by atoms with Gasteiger partial charge in [0.2, 0.25) is 0 Å². The molecule has 4 heteroatoms. The lowest BCUT2D eigenvalue weighted by Crippen LogP contribution is -2.63. The van der Waals surface area contributed by atoms with Crippen LogP contribution >= 0.6 is 0 Å². The lowest BCUT2D eigenvalue weighted by molar-refractivity contribution is -0.0910. The summed E-state index contributed by atoms with van der Waals surface area (Å²) in [6.45, 7) is 11.2. The molecular formula is C60H96N4. The number of hydrogen-bond acceptors (Lipinski definition) is 4. The van der Waals surface area contributed by atoms with Gasteiger partial charge in [0.25, 0.3) is 0 Å². The SMILES string of the molecule is CC(C)C1C2C3CCCC4C5C6C7CCCCC7N(C7CCCCC7)C6CCC5N(C43)C2C(C(C)C)C2C3CCCC4C5C6C7CCCCC7N(C7CCCCC7)C6CCC5N(C43)C12. The summed E-state index contributed by atoms with van der Waals surface area (Å²) in [5.41, 5.74) is 0. The van der Waals surface area contributed by atoms with Gasteiger partial charge in [-0.1, -0.05) is 105 Å². The topological polar surface area (TPSA) is 13.0 Å². The highest BCUT2D eigenvalue weighted by molar-refractivity contribution is 5.28. The molecule has 4 nitrogen and oxygen atoms in total. The molecule has 9 saturated carbocycles. The first kappa shape index (κ1) is 41.6. The van der Waals surface area contributed by atoms with E-state index in [1.54, 1.807) is 103 Å². The van der Waals surface area contributed by atoms with Gasteiger partial charge in [-0.2, -0.15) is 0 Å². The van der Waals surface area contributed by atoms with Gasteiger partial charge in [0.1, 0.15) is 0 Å². The van der Waals surface area contributed by atoms with E-state index >= 15 is 0 Å². The van der Waals surface area contributed by atoms with Crippen LogP contribution < -0.4 is 0 Å². The molecule has 0 radical (unpaired) electrons. The largest absolute Gasteiger partial charge is 0.294 e. The van der Waals surface area contributed by atoms with E-state index in [4.69, 9.17) is 0 Å². The van der Waals surface area contributed by atoms with Crippen molar-refractivity contribution in [2.24, 2.45) is 94.7 Å². The van der Waals surface area contributed by atoms with Gasteiger partial charge in [0.05, 0.1) is 0 Å². The van der Waals surface area contributed by atoms with Crippen LogP contribution in [0.2, 0.25) is 0 Å². The minimum Gasteiger partial charge on any atom is -0.294 e. The highest BCUT2D eigenvalue weighted by Crippen LogP contribution is 2.73. The van der Waals surface area contributed by atoms with Crippen LogP contribution in [0, 0.1) is 94.7 Å². The van der Waals surface area contributed by atoms with E-state index in [9.17, 15) is 0 Å². The summed E-state index contributed by atoms with van der Waals surface area (Å²) in [7, 11) is 0. The lowest BCUT2D eigenvalue weighted by atomic mass is 9.50. The van der Waals surface area contributed by atoms with Crippen molar-refractivity contribution in [3.8, 4) is 0 Å². The summed E-state index contributed by atoms with van der Waals surface area (Å²) < 4.78 is 0. The summed E-state index contributed by atoms with van der Waals surface area (Å²) in [6.07, 6.45) is 43.4. The molecule has 0 aromatic rings. The van der Waals surface area contributed by atoms with Crippen LogP contribution in [0.25, 0.3) is 0 Å². The maximum Gasteiger partial charge on any atom is 0.0170 e. The van der Waals surface area contributed by atoms with Crippen LogP contribution in [0.15, 0.2) is 0 Å². The molecule has 6 heterocycles. The molecule has 15 fully saturated rings. The number of rotatable bonds is 4. The predicted octanol–water partition coefficient (Wildman–Crippen LogP) is 12.7. The molecule has 9 aliphatic carbocycles. The van der Waals surface area contributed by atoms with E-state index in [1.807, 2.05) is 0 Å². The third kappa shape index (κ3) is 5.51. The number of likely N-dealkylation sites (tertiary alicyclic amines) is 2. The quantitative estimate of drug-likeness (QED) is 0.279. The Labute approximate surface area is 392 Å². The first-order chi connectivity index (χ1) is 31.5. The van der Waals surface area contributed by atoms with Crippen LogP contribution in [-0.2, 0) is 0 Å². The monoisotopic (exact) mass is 873 g/mol. The Morgan fingerprint density at radius 2 is 0.562 bits per heavy atom. The molecule has 0 aromatic carbocycles. The molecule has 6 saturated heterocycles. The molecule has 0 N–H and O–H groups in total. The van der Waals surface area contributed by atoms with Crippen molar-refractivity contribution in [1.29, 1.82) is 0 Å². The second kappa shape index (κ2) is 15.7. The van der Waals surface area contributed by atoms with Crippen molar-refractivity contribution < 1.29 is 0 Å². The van der Waals surface area contributed by atoms with Crippen molar-refractivity contribution >= 4 is 0 Å². The predicted molar refractivity (Wildman–Crippen MR) is 261 cm³/mol.